The Morgan fingerprint density at radius 2 is 1.91 bits per heavy atom. The fourth-order valence-electron chi connectivity index (χ4n) is 3.35. The topological polar surface area (TPSA) is 41.6 Å². The molecule has 1 amide bonds. The van der Waals surface area contributed by atoms with Crippen molar-refractivity contribution >= 4 is 17.3 Å². The van der Waals surface area contributed by atoms with Crippen LogP contribution >= 0.6 is 0 Å². The third-order valence-corrected chi connectivity index (χ3v) is 4.60. The Kier molecular flexibility index (Phi) is 5.33. The summed E-state index contributed by atoms with van der Waals surface area (Å²) in [6, 6.07) is 8.26. The lowest BCUT2D eigenvalue weighted by atomic mass is 9.98. The summed E-state index contributed by atoms with van der Waals surface area (Å²) in [7, 11) is 0. The van der Waals surface area contributed by atoms with Crippen LogP contribution in [0.15, 0.2) is 24.3 Å². The van der Waals surface area contributed by atoms with Crippen LogP contribution in [0.5, 0.6) is 0 Å². The number of piperidine rings is 1. The molecule has 0 saturated carbocycles. The van der Waals surface area contributed by atoms with Gasteiger partial charge in [-0.2, -0.15) is 0 Å². The predicted octanol–water partition coefficient (Wildman–Crippen LogP) is 3.43. The van der Waals surface area contributed by atoms with E-state index in [1.807, 2.05) is 12.1 Å². The zero-order chi connectivity index (χ0) is 15.2. The van der Waals surface area contributed by atoms with E-state index in [1.54, 1.807) is 0 Å². The van der Waals surface area contributed by atoms with Gasteiger partial charge in [-0.3, -0.25) is 4.79 Å². The Balaban J connectivity index is 1.50. The van der Waals surface area contributed by atoms with Crippen molar-refractivity contribution in [3.63, 3.8) is 0 Å². The highest BCUT2D eigenvalue weighted by atomic mass is 16.5. The summed E-state index contributed by atoms with van der Waals surface area (Å²) in [5, 5.41) is 3.01. The molecule has 1 aromatic carbocycles. The molecule has 0 aromatic heterocycles. The van der Waals surface area contributed by atoms with Crippen molar-refractivity contribution in [1.29, 1.82) is 0 Å². The average molecular weight is 302 g/mol. The van der Waals surface area contributed by atoms with E-state index in [2.05, 4.69) is 22.3 Å². The van der Waals surface area contributed by atoms with E-state index in [0.717, 1.165) is 44.8 Å². The molecule has 1 N–H and O–H groups in total. The molecule has 1 atom stereocenters. The fraction of sp³-hybridized carbons (Fsp3) is 0.611. The van der Waals surface area contributed by atoms with Crippen LogP contribution in [0.2, 0.25) is 0 Å². The number of nitrogens with one attached hydrogen (secondary N) is 1. The monoisotopic (exact) mass is 302 g/mol. The zero-order valence-electron chi connectivity index (χ0n) is 13.2. The first-order chi connectivity index (χ1) is 10.8. The minimum atomic E-state index is 0.0984. The van der Waals surface area contributed by atoms with E-state index in [4.69, 9.17) is 4.74 Å². The Bertz CT molecular complexity index is 474. The van der Waals surface area contributed by atoms with Gasteiger partial charge in [0.1, 0.15) is 0 Å². The Labute approximate surface area is 132 Å². The van der Waals surface area contributed by atoms with Crippen LogP contribution in [0.3, 0.4) is 0 Å². The molecule has 2 aliphatic rings. The summed E-state index contributed by atoms with van der Waals surface area (Å²) in [6.07, 6.45) is 6.64. The predicted molar refractivity (Wildman–Crippen MR) is 89.3 cm³/mol. The number of nitrogens with zero attached hydrogens (tertiary/aromatic N) is 1. The summed E-state index contributed by atoms with van der Waals surface area (Å²) < 4.78 is 5.43. The van der Waals surface area contributed by atoms with Crippen LogP contribution in [0, 0.1) is 5.92 Å². The number of amides is 1. The van der Waals surface area contributed by atoms with Crippen molar-refractivity contribution in [3.05, 3.63) is 24.3 Å². The van der Waals surface area contributed by atoms with Crippen LogP contribution in [-0.2, 0) is 9.53 Å². The number of benzene rings is 1. The van der Waals surface area contributed by atoms with Gasteiger partial charge in [0.05, 0.1) is 0 Å². The number of ether oxygens (including phenoxy) is 1. The quantitative estimate of drug-likeness (QED) is 0.926. The smallest absolute Gasteiger partial charge is 0.224 e. The molecule has 2 fully saturated rings. The number of hydrogen-bond donors (Lipinski definition) is 1. The molecule has 0 bridgehead atoms. The van der Waals surface area contributed by atoms with Crippen LogP contribution < -0.4 is 10.2 Å². The largest absolute Gasteiger partial charge is 0.381 e. The van der Waals surface area contributed by atoms with E-state index >= 15 is 0 Å². The van der Waals surface area contributed by atoms with Gasteiger partial charge >= 0.3 is 0 Å². The number of carbonyl (C=O) groups excluding carboxylic acids is 1. The maximum Gasteiger partial charge on any atom is 0.224 e. The van der Waals surface area contributed by atoms with Gasteiger partial charge in [-0.15, -0.1) is 0 Å². The third-order valence-electron chi connectivity index (χ3n) is 4.60. The first-order valence-corrected chi connectivity index (χ1v) is 8.54. The summed E-state index contributed by atoms with van der Waals surface area (Å²) in [6.45, 7) is 3.86. The standard InChI is InChI=1S/C18H26N2O2/c21-18(13-15-5-4-12-22-14-15)19-16-6-8-17(9-7-16)20-10-2-1-3-11-20/h6-9,15H,1-5,10-14H2,(H,19,21). The van der Waals surface area contributed by atoms with Gasteiger partial charge in [0, 0.05) is 44.1 Å². The molecular weight excluding hydrogens is 276 g/mol. The zero-order valence-corrected chi connectivity index (χ0v) is 13.2. The van der Waals surface area contributed by atoms with Crippen molar-refractivity contribution in [2.24, 2.45) is 5.92 Å². The second kappa shape index (κ2) is 7.63. The number of carbonyl (C=O) groups is 1. The van der Waals surface area contributed by atoms with E-state index in [9.17, 15) is 4.79 Å². The van der Waals surface area contributed by atoms with Gasteiger partial charge in [-0.25, -0.2) is 0 Å². The fourth-order valence-corrected chi connectivity index (χ4v) is 3.35. The van der Waals surface area contributed by atoms with Crippen molar-refractivity contribution in [3.8, 4) is 0 Å². The van der Waals surface area contributed by atoms with Gasteiger partial charge in [0.25, 0.3) is 0 Å². The first kappa shape index (κ1) is 15.3. The molecule has 1 aromatic rings. The Morgan fingerprint density at radius 1 is 1.14 bits per heavy atom. The lowest BCUT2D eigenvalue weighted by Crippen LogP contribution is -2.29. The molecule has 2 heterocycles. The molecule has 0 spiro atoms. The lowest BCUT2D eigenvalue weighted by molar-refractivity contribution is -0.118. The maximum absolute atomic E-state index is 12.1. The van der Waals surface area contributed by atoms with E-state index in [0.29, 0.717) is 12.3 Å². The average Bonchev–Trinajstić information content (AvgIpc) is 2.57. The number of hydrogen-bond acceptors (Lipinski definition) is 3. The molecule has 3 rings (SSSR count). The second-order valence-corrected chi connectivity index (χ2v) is 6.43. The van der Waals surface area contributed by atoms with Crippen LogP contribution in [0.25, 0.3) is 0 Å². The van der Waals surface area contributed by atoms with Crippen LogP contribution in [0.1, 0.15) is 38.5 Å². The minimum Gasteiger partial charge on any atom is -0.381 e. The lowest BCUT2D eigenvalue weighted by Gasteiger charge is -2.28. The molecule has 2 saturated heterocycles. The minimum absolute atomic E-state index is 0.0984. The molecular formula is C18H26N2O2. The normalized spacial score (nSPS) is 22.4. The summed E-state index contributed by atoms with van der Waals surface area (Å²) in [5.41, 5.74) is 2.15. The second-order valence-electron chi connectivity index (χ2n) is 6.43. The third kappa shape index (κ3) is 4.23. The van der Waals surface area contributed by atoms with E-state index < -0.39 is 0 Å². The highest BCUT2D eigenvalue weighted by Crippen LogP contribution is 2.22. The van der Waals surface area contributed by atoms with Gasteiger partial charge in [-0.05, 0) is 62.3 Å². The highest BCUT2D eigenvalue weighted by Gasteiger charge is 2.17. The van der Waals surface area contributed by atoms with Crippen LogP contribution in [0.4, 0.5) is 11.4 Å². The van der Waals surface area contributed by atoms with Crippen LogP contribution in [-0.4, -0.2) is 32.2 Å². The van der Waals surface area contributed by atoms with Gasteiger partial charge < -0.3 is 15.0 Å². The SMILES string of the molecule is O=C(CC1CCCOC1)Nc1ccc(N2CCCCC2)cc1. The Hall–Kier alpha value is -1.55. The molecule has 4 heteroatoms. The van der Waals surface area contributed by atoms with E-state index in [-0.39, 0.29) is 5.91 Å². The van der Waals surface area contributed by atoms with Crippen molar-refractivity contribution in [2.75, 3.05) is 36.5 Å². The van der Waals surface area contributed by atoms with Crippen molar-refractivity contribution < 1.29 is 9.53 Å². The highest BCUT2D eigenvalue weighted by molar-refractivity contribution is 5.91. The summed E-state index contributed by atoms with van der Waals surface area (Å²) >= 11 is 0. The molecule has 1 unspecified atom stereocenters. The first-order valence-electron chi connectivity index (χ1n) is 8.54. The Morgan fingerprint density at radius 3 is 2.59 bits per heavy atom. The van der Waals surface area contributed by atoms with Gasteiger partial charge in [0.15, 0.2) is 0 Å². The molecule has 120 valence electrons. The molecule has 22 heavy (non-hydrogen) atoms. The van der Waals surface area contributed by atoms with Crippen molar-refractivity contribution in [2.45, 2.75) is 38.5 Å². The summed E-state index contributed by atoms with van der Waals surface area (Å²) in [5.74, 6) is 0.475. The maximum atomic E-state index is 12.1. The number of anilines is 2. The number of rotatable bonds is 4. The molecule has 0 radical (unpaired) electrons. The molecule has 4 nitrogen and oxygen atoms in total. The molecule has 0 aliphatic carbocycles. The molecule has 2 aliphatic heterocycles. The van der Waals surface area contributed by atoms with Gasteiger partial charge in [0.2, 0.25) is 5.91 Å². The van der Waals surface area contributed by atoms with Crippen molar-refractivity contribution in [1.82, 2.24) is 0 Å². The summed E-state index contributed by atoms with van der Waals surface area (Å²) in [4.78, 5) is 14.5. The van der Waals surface area contributed by atoms with E-state index in [1.165, 1.54) is 24.9 Å². The van der Waals surface area contributed by atoms with Gasteiger partial charge in [-0.1, -0.05) is 0 Å².